The van der Waals surface area contributed by atoms with Gasteiger partial charge >= 0.3 is 0 Å². The fourth-order valence-corrected chi connectivity index (χ4v) is 5.12. The third-order valence-corrected chi connectivity index (χ3v) is 6.90. The number of nitrogens with zero attached hydrogens (tertiary/aromatic N) is 3. The van der Waals surface area contributed by atoms with Gasteiger partial charge in [-0.25, -0.2) is 4.99 Å². The number of aliphatic imine (C=N–C) groups is 2. The van der Waals surface area contributed by atoms with Crippen LogP contribution < -0.4 is 10.1 Å². The SMILES string of the molecule is COc1ccc(NC(=O)CSC2=Nc3ccccc3C3=NC(=O)C(Cc4ccccc4)N23)cc1Cl. The first-order valence-electron chi connectivity index (χ1n) is 10.9. The highest BCUT2D eigenvalue weighted by atomic mass is 35.5. The van der Waals surface area contributed by atoms with Gasteiger partial charge in [0.15, 0.2) is 5.17 Å². The van der Waals surface area contributed by atoms with Crippen LogP contribution in [0.1, 0.15) is 11.1 Å². The summed E-state index contributed by atoms with van der Waals surface area (Å²) in [5.74, 6) is 0.768. The summed E-state index contributed by atoms with van der Waals surface area (Å²) in [6, 6.07) is 21.9. The van der Waals surface area contributed by atoms with Gasteiger partial charge in [-0.05, 0) is 35.9 Å². The van der Waals surface area contributed by atoms with Gasteiger partial charge in [0.05, 0.1) is 23.6 Å². The maximum Gasteiger partial charge on any atom is 0.271 e. The van der Waals surface area contributed by atoms with Crippen molar-refractivity contribution in [2.24, 2.45) is 9.98 Å². The summed E-state index contributed by atoms with van der Waals surface area (Å²) in [6.45, 7) is 0. The van der Waals surface area contributed by atoms with Crippen LogP contribution in [-0.4, -0.2) is 46.6 Å². The Morgan fingerprint density at radius 3 is 2.63 bits per heavy atom. The third kappa shape index (κ3) is 4.80. The van der Waals surface area contributed by atoms with Crippen LogP contribution in [0, 0.1) is 0 Å². The third-order valence-electron chi connectivity index (χ3n) is 5.65. The number of nitrogens with one attached hydrogen (secondary N) is 1. The van der Waals surface area contributed by atoms with E-state index in [9.17, 15) is 9.59 Å². The predicted molar refractivity (Wildman–Crippen MR) is 140 cm³/mol. The molecule has 0 bridgehead atoms. The maximum atomic E-state index is 13.0. The summed E-state index contributed by atoms with van der Waals surface area (Å²) in [6.07, 6.45) is 0.491. The lowest BCUT2D eigenvalue weighted by atomic mass is 10.0. The molecule has 1 atom stereocenters. The van der Waals surface area contributed by atoms with Crippen molar-refractivity contribution >= 4 is 57.6 Å². The van der Waals surface area contributed by atoms with E-state index in [1.807, 2.05) is 59.5 Å². The Morgan fingerprint density at radius 2 is 1.86 bits per heavy atom. The number of fused-ring (bicyclic) bond motifs is 3. The van der Waals surface area contributed by atoms with Crippen molar-refractivity contribution in [1.29, 1.82) is 0 Å². The molecule has 5 rings (SSSR count). The van der Waals surface area contributed by atoms with Gasteiger partial charge in [-0.15, -0.1) is 0 Å². The molecule has 2 heterocycles. The van der Waals surface area contributed by atoms with Gasteiger partial charge in [0.2, 0.25) is 5.91 Å². The molecule has 0 radical (unpaired) electrons. The van der Waals surface area contributed by atoms with Crippen molar-refractivity contribution in [2.45, 2.75) is 12.5 Å². The highest BCUT2D eigenvalue weighted by molar-refractivity contribution is 8.14. The molecule has 0 spiro atoms. The second-order valence-electron chi connectivity index (χ2n) is 7.95. The van der Waals surface area contributed by atoms with Gasteiger partial charge in [0, 0.05) is 17.7 Å². The van der Waals surface area contributed by atoms with E-state index in [4.69, 9.17) is 21.3 Å². The van der Waals surface area contributed by atoms with Crippen molar-refractivity contribution in [3.05, 3.63) is 88.9 Å². The average Bonchev–Trinajstić information content (AvgIpc) is 3.19. The van der Waals surface area contributed by atoms with Gasteiger partial charge in [0.25, 0.3) is 5.91 Å². The first-order chi connectivity index (χ1) is 17.0. The zero-order chi connectivity index (χ0) is 24.4. The molecule has 2 aliphatic rings. The van der Waals surface area contributed by atoms with E-state index >= 15 is 0 Å². The number of amidine groups is 2. The molecular weight excluding hydrogens is 484 g/mol. The van der Waals surface area contributed by atoms with Gasteiger partial charge in [-0.2, -0.15) is 4.99 Å². The second kappa shape index (κ2) is 9.93. The maximum absolute atomic E-state index is 13.0. The van der Waals surface area contributed by atoms with Crippen LogP contribution in [0.25, 0.3) is 0 Å². The number of amides is 2. The van der Waals surface area contributed by atoms with Crippen LogP contribution in [0.2, 0.25) is 5.02 Å². The van der Waals surface area contributed by atoms with Crippen molar-refractivity contribution < 1.29 is 14.3 Å². The molecule has 2 aliphatic heterocycles. The molecule has 0 aliphatic carbocycles. The number of rotatable bonds is 6. The molecule has 0 saturated carbocycles. The second-order valence-corrected chi connectivity index (χ2v) is 9.30. The number of hydrogen-bond acceptors (Lipinski definition) is 6. The summed E-state index contributed by atoms with van der Waals surface area (Å²) in [4.78, 5) is 36.7. The molecular formula is C26H21ClN4O3S. The van der Waals surface area contributed by atoms with Crippen LogP contribution in [0.3, 0.4) is 0 Å². The van der Waals surface area contributed by atoms with Crippen LogP contribution in [-0.2, 0) is 16.0 Å². The zero-order valence-corrected chi connectivity index (χ0v) is 20.3. The van der Waals surface area contributed by atoms with Gasteiger partial charge in [-0.3, -0.25) is 14.5 Å². The monoisotopic (exact) mass is 504 g/mol. The predicted octanol–water partition coefficient (Wildman–Crippen LogP) is 4.92. The van der Waals surface area contributed by atoms with E-state index in [-0.39, 0.29) is 17.6 Å². The highest BCUT2D eigenvalue weighted by Crippen LogP contribution is 2.35. The molecule has 0 aromatic heterocycles. The number of thioether (sulfide) groups is 1. The Labute approximate surface area is 211 Å². The Bertz CT molecular complexity index is 1360. The Morgan fingerprint density at radius 1 is 1.09 bits per heavy atom. The summed E-state index contributed by atoms with van der Waals surface area (Å²) in [7, 11) is 1.53. The van der Waals surface area contributed by atoms with E-state index in [1.165, 1.54) is 18.9 Å². The van der Waals surface area contributed by atoms with Crippen LogP contribution in [0.4, 0.5) is 11.4 Å². The van der Waals surface area contributed by atoms with Gasteiger partial charge in [-0.1, -0.05) is 65.8 Å². The number of ether oxygens (including phenoxy) is 1. The number of benzene rings is 3. The van der Waals surface area contributed by atoms with E-state index in [0.717, 1.165) is 16.8 Å². The molecule has 3 aromatic rings. The number of methoxy groups -OCH3 is 1. The number of carbonyl (C=O) groups excluding carboxylic acids is 2. The Kier molecular flexibility index (Phi) is 6.57. The quantitative estimate of drug-likeness (QED) is 0.515. The molecule has 0 fully saturated rings. The number of hydrogen-bond donors (Lipinski definition) is 1. The smallest absolute Gasteiger partial charge is 0.271 e. The minimum atomic E-state index is -0.518. The molecule has 35 heavy (non-hydrogen) atoms. The molecule has 2 amide bonds. The highest BCUT2D eigenvalue weighted by Gasteiger charge is 2.41. The number of carbonyl (C=O) groups is 2. The summed E-state index contributed by atoms with van der Waals surface area (Å²) >= 11 is 7.43. The number of halogens is 1. The molecule has 9 heteroatoms. The first-order valence-corrected chi connectivity index (χ1v) is 12.3. The standard InChI is InChI=1S/C26H21ClN4O3S/c1-34-22-12-11-17(14-19(22)27)28-23(32)15-35-26-29-20-10-6-5-9-18(20)24-30-25(33)21(31(24)26)13-16-7-3-2-4-8-16/h2-12,14,21H,13,15H2,1H3,(H,28,32). The van der Waals surface area contributed by atoms with Gasteiger partial charge in [0.1, 0.15) is 17.6 Å². The lowest BCUT2D eigenvalue weighted by molar-refractivity contribution is -0.119. The summed E-state index contributed by atoms with van der Waals surface area (Å²) < 4.78 is 5.15. The van der Waals surface area contributed by atoms with E-state index < -0.39 is 6.04 Å². The van der Waals surface area contributed by atoms with Crippen molar-refractivity contribution in [2.75, 3.05) is 18.2 Å². The molecule has 0 saturated heterocycles. The van der Waals surface area contributed by atoms with Crippen LogP contribution in [0.5, 0.6) is 5.75 Å². The minimum Gasteiger partial charge on any atom is -0.495 e. The van der Waals surface area contributed by atoms with E-state index in [0.29, 0.717) is 33.9 Å². The fourth-order valence-electron chi connectivity index (χ4n) is 4.01. The molecule has 1 N–H and O–H groups in total. The van der Waals surface area contributed by atoms with Crippen LogP contribution >= 0.6 is 23.4 Å². The lowest BCUT2D eigenvalue weighted by Crippen LogP contribution is -2.45. The fraction of sp³-hybridized carbons (Fsp3) is 0.154. The minimum absolute atomic E-state index is 0.0979. The van der Waals surface area contributed by atoms with E-state index in [2.05, 4.69) is 10.3 Å². The van der Waals surface area contributed by atoms with Crippen molar-refractivity contribution in [1.82, 2.24) is 4.90 Å². The van der Waals surface area contributed by atoms with Crippen molar-refractivity contribution in [3.63, 3.8) is 0 Å². The Balaban J connectivity index is 1.37. The molecule has 1 unspecified atom stereocenters. The zero-order valence-electron chi connectivity index (χ0n) is 18.8. The van der Waals surface area contributed by atoms with Crippen LogP contribution in [0.15, 0.2) is 82.8 Å². The number of anilines is 1. The summed E-state index contributed by atoms with van der Waals surface area (Å²) in [5.41, 5.74) is 3.12. The topological polar surface area (TPSA) is 83.4 Å². The Hall–Kier alpha value is -3.62. The van der Waals surface area contributed by atoms with Crippen molar-refractivity contribution in [3.8, 4) is 5.75 Å². The largest absolute Gasteiger partial charge is 0.495 e. The molecule has 7 nitrogen and oxygen atoms in total. The first kappa shape index (κ1) is 23.1. The normalized spacial score (nSPS) is 16.2. The van der Waals surface area contributed by atoms with E-state index in [1.54, 1.807) is 18.2 Å². The van der Waals surface area contributed by atoms with Gasteiger partial charge < -0.3 is 10.1 Å². The molecule has 3 aromatic carbocycles. The lowest BCUT2D eigenvalue weighted by Gasteiger charge is -2.31. The summed E-state index contributed by atoms with van der Waals surface area (Å²) in [5, 5.41) is 3.82. The average molecular weight is 505 g/mol. The molecule has 176 valence electrons. The number of para-hydroxylation sites is 1.